The number of hydrogen-bond donors (Lipinski definition) is 1. The third kappa shape index (κ3) is 2.64. The fourth-order valence-corrected chi connectivity index (χ4v) is 6.31. The van der Waals surface area contributed by atoms with Gasteiger partial charge in [-0.05, 0) is 42.2 Å². The summed E-state index contributed by atoms with van der Waals surface area (Å²) in [5, 5.41) is 2.62. The van der Waals surface area contributed by atoms with Crippen LogP contribution in [-0.2, 0) is 22.9 Å². The number of sulfonamides is 1. The summed E-state index contributed by atoms with van der Waals surface area (Å²) in [6.45, 7) is 2.25. The van der Waals surface area contributed by atoms with Crippen LogP contribution in [0.3, 0.4) is 0 Å². The van der Waals surface area contributed by atoms with E-state index in [1.807, 2.05) is 0 Å². The first-order chi connectivity index (χ1) is 11.0. The second kappa shape index (κ2) is 5.54. The van der Waals surface area contributed by atoms with Crippen LogP contribution in [0.5, 0.6) is 0 Å². The lowest BCUT2D eigenvalue weighted by Crippen LogP contribution is -2.14. The largest absolute Gasteiger partial charge is 0.272 e. The van der Waals surface area contributed by atoms with E-state index in [9.17, 15) is 8.42 Å². The van der Waals surface area contributed by atoms with Gasteiger partial charge in [-0.1, -0.05) is 13.0 Å². The molecule has 0 saturated heterocycles. The van der Waals surface area contributed by atoms with Gasteiger partial charge in [0.2, 0.25) is 0 Å². The molecule has 1 aliphatic rings. The number of thiophene rings is 2. The molecule has 23 heavy (non-hydrogen) atoms. The van der Waals surface area contributed by atoms with Gasteiger partial charge in [-0.2, -0.15) is 0 Å². The highest BCUT2D eigenvalue weighted by atomic mass is 32.2. The number of anilines is 1. The Balaban J connectivity index is 1.82. The van der Waals surface area contributed by atoms with Crippen LogP contribution in [0.25, 0.3) is 10.2 Å². The average molecular weight is 366 g/mol. The molecule has 0 spiro atoms. The first-order valence-electron chi connectivity index (χ1n) is 7.36. The van der Waals surface area contributed by atoms with Crippen LogP contribution in [-0.4, -0.2) is 18.4 Å². The highest BCUT2D eigenvalue weighted by molar-refractivity contribution is 7.94. The van der Waals surface area contributed by atoms with Crippen molar-refractivity contribution in [2.24, 2.45) is 5.92 Å². The van der Waals surface area contributed by atoms with Crippen molar-refractivity contribution in [2.45, 2.75) is 30.4 Å². The number of nitrogens with zero attached hydrogens (tertiary/aromatic N) is 2. The molecule has 3 aromatic heterocycles. The van der Waals surface area contributed by atoms with Crippen molar-refractivity contribution in [1.82, 2.24) is 9.97 Å². The van der Waals surface area contributed by atoms with Gasteiger partial charge in [-0.25, -0.2) is 18.4 Å². The van der Waals surface area contributed by atoms with E-state index >= 15 is 0 Å². The van der Waals surface area contributed by atoms with Gasteiger partial charge >= 0.3 is 0 Å². The molecule has 0 amide bonds. The number of fused-ring (bicyclic) bond motifs is 3. The second-order valence-corrected chi connectivity index (χ2v) is 9.73. The topological polar surface area (TPSA) is 72.0 Å². The number of aromatic nitrogens is 2. The van der Waals surface area contributed by atoms with Crippen molar-refractivity contribution in [2.75, 3.05) is 4.72 Å². The molecule has 0 aliphatic heterocycles. The average Bonchev–Trinajstić information content (AvgIpc) is 3.14. The molecule has 1 atom stereocenters. The molecule has 0 bridgehead atoms. The lowest BCUT2D eigenvalue weighted by atomic mass is 9.89. The van der Waals surface area contributed by atoms with E-state index in [0.29, 0.717) is 15.9 Å². The van der Waals surface area contributed by atoms with Gasteiger partial charge in [0.25, 0.3) is 10.0 Å². The molecule has 4 rings (SSSR count). The summed E-state index contributed by atoms with van der Waals surface area (Å²) in [5.74, 6) is 1.06. The quantitative estimate of drug-likeness (QED) is 0.768. The van der Waals surface area contributed by atoms with Crippen LogP contribution in [0.4, 0.5) is 5.82 Å². The summed E-state index contributed by atoms with van der Waals surface area (Å²) >= 11 is 2.85. The minimum absolute atomic E-state index is 0.294. The third-order valence-corrected chi connectivity index (χ3v) is 7.98. The molecule has 1 aliphatic carbocycles. The molecule has 3 heterocycles. The Labute approximate surface area is 142 Å². The van der Waals surface area contributed by atoms with E-state index < -0.39 is 10.0 Å². The number of hydrogen-bond acceptors (Lipinski definition) is 6. The number of nitrogens with one attached hydrogen (secondary N) is 1. The number of rotatable bonds is 3. The van der Waals surface area contributed by atoms with Crippen molar-refractivity contribution in [3.8, 4) is 0 Å². The smallest absolute Gasteiger partial charge is 0.262 e. The summed E-state index contributed by atoms with van der Waals surface area (Å²) < 4.78 is 27.9. The van der Waals surface area contributed by atoms with E-state index in [0.717, 1.165) is 29.5 Å². The van der Waals surface area contributed by atoms with Crippen LogP contribution in [0.15, 0.2) is 28.0 Å². The molecule has 8 heteroatoms. The molecule has 120 valence electrons. The lowest BCUT2D eigenvalue weighted by molar-refractivity contribution is 0.509. The van der Waals surface area contributed by atoms with Gasteiger partial charge in [-0.15, -0.1) is 22.7 Å². The van der Waals surface area contributed by atoms with Gasteiger partial charge in [-0.3, -0.25) is 4.72 Å². The van der Waals surface area contributed by atoms with Gasteiger partial charge in [0, 0.05) is 4.88 Å². The van der Waals surface area contributed by atoms with Crippen LogP contribution < -0.4 is 4.72 Å². The third-order valence-electron chi connectivity index (χ3n) is 4.08. The molecule has 1 N–H and O–H groups in total. The summed E-state index contributed by atoms with van der Waals surface area (Å²) in [6.07, 6.45) is 4.54. The van der Waals surface area contributed by atoms with Crippen LogP contribution >= 0.6 is 22.7 Å². The van der Waals surface area contributed by atoms with Crippen molar-refractivity contribution in [1.29, 1.82) is 0 Å². The molecule has 0 unspecified atom stereocenters. The molecule has 0 saturated carbocycles. The monoisotopic (exact) mass is 365 g/mol. The van der Waals surface area contributed by atoms with E-state index in [1.165, 1.54) is 28.1 Å². The SMILES string of the molecule is C[C@H]1CCc2c(sc3ncnc(NS(=O)(=O)c4cccs4)c23)C1. The summed E-state index contributed by atoms with van der Waals surface area (Å²) in [7, 11) is -3.59. The maximum atomic E-state index is 12.5. The summed E-state index contributed by atoms with van der Waals surface area (Å²) in [4.78, 5) is 10.7. The lowest BCUT2D eigenvalue weighted by Gasteiger charge is -2.18. The van der Waals surface area contributed by atoms with E-state index in [2.05, 4.69) is 21.6 Å². The van der Waals surface area contributed by atoms with Crippen molar-refractivity contribution < 1.29 is 8.42 Å². The maximum absolute atomic E-state index is 12.5. The number of aryl methyl sites for hydroxylation is 1. The normalized spacial score (nSPS) is 18.0. The first kappa shape index (κ1) is 15.0. The molecular weight excluding hydrogens is 350 g/mol. The van der Waals surface area contributed by atoms with Crippen LogP contribution in [0.2, 0.25) is 0 Å². The van der Waals surface area contributed by atoms with Crippen molar-refractivity contribution in [3.05, 3.63) is 34.3 Å². The molecule has 5 nitrogen and oxygen atoms in total. The van der Waals surface area contributed by atoms with Crippen molar-refractivity contribution >= 4 is 48.7 Å². The standard InChI is InChI=1S/C15H15N3O2S3/c1-9-4-5-10-11(7-9)22-15-13(10)14(16-8-17-15)18-23(19,20)12-3-2-6-21-12/h2-3,6,8-9H,4-5,7H2,1H3,(H,16,17,18)/t9-/m0/s1. The van der Waals surface area contributed by atoms with Gasteiger partial charge in [0.1, 0.15) is 15.4 Å². The van der Waals surface area contributed by atoms with Crippen LogP contribution in [0.1, 0.15) is 23.8 Å². The van der Waals surface area contributed by atoms with Gasteiger partial charge in [0.05, 0.1) is 5.39 Å². The Morgan fingerprint density at radius 3 is 3.00 bits per heavy atom. The second-order valence-electron chi connectivity index (χ2n) is 5.79. The Bertz CT molecular complexity index is 961. The minimum atomic E-state index is -3.59. The zero-order chi connectivity index (χ0) is 16.0. The van der Waals surface area contributed by atoms with Gasteiger partial charge in [0.15, 0.2) is 5.82 Å². The molecule has 0 aromatic carbocycles. The highest BCUT2D eigenvalue weighted by Crippen LogP contribution is 2.40. The Morgan fingerprint density at radius 2 is 2.22 bits per heavy atom. The Kier molecular flexibility index (Phi) is 3.62. The van der Waals surface area contributed by atoms with Gasteiger partial charge < -0.3 is 0 Å². The van der Waals surface area contributed by atoms with Crippen molar-refractivity contribution in [3.63, 3.8) is 0 Å². The predicted molar refractivity (Wildman–Crippen MR) is 93.7 cm³/mol. The highest BCUT2D eigenvalue weighted by Gasteiger charge is 2.25. The fourth-order valence-electron chi connectivity index (χ4n) is 2.95. The minimum Gasteiger partial charge on any atom is -0.262 e. The van der Waals surface area contributed by atoms with E-state index in [1.54, 1.807) is 28.8 Å². The van der Waals surface area contributed by atoms with Crippen LogP contribution in [0, 0.1) is 5.92 Å². The molecule has 0 fully saturated rings. The molecule has 0 radical (unpaired) electrons. The Morgan fingerprint density at radius 1 is 1.35 bits per heavy atom. The molecular formula is C15H15N3O2S3. The zero-order valence-electron chi connectivity index (χ0n) is 12.4. The Hall–Kier alpha value is -1.51. The zero-order valence-corrected chi connectivity index (χ0v) is 14.9. The fraction of sp³-hybridized carbons (Fsp3) is 0.333. The molecule has 3 aromatic rings. The predicted octanol–water partition coefficient (Wildman–Crippen LogP) is 3.68. The summed E-state index contributed by atoms with van der Waals surface area (Å²) in [6, 6.07) is 3.32. The van der Waals surface area contributed by atoms with E-state index in [-0.39, 0.29) is 0 Å². The van der Waals surface area contributed by atoms with E-state index in [4.69, 9.17) is 0 Å². The first-order valence-corrected chi connectivity index (χ1v) is 10.5. The maximum Gasteiger partial charge on any atom is 0.272 e. The summed E-state index contributed by atoms with van der Waals surface area (Å²) in [5.41, 5.74) is 1.22.